The van der Waals surface area contributed by atoms with Crippen molar-refractivity contribution in [1.29, 1.82) is 0 Å². The molecule has 1 heterocycles. The maximum atomic E-state index is 12.7. The van der Waals surface area contributed by atoms with Crippen molar-refractivity contribution in [2.24, 2.45) is 0 Å². The van der Waals surface area contributed by atoms with Crippen LogP contribution in [0.25, 0.3) is 0 Å². The van der Waals surface area contributed by atoms with Crippen LogP contribution >= 0.6 is 0 Å². The number of carbonyl (C=O) groups excluding carboxylic acids is 1. The van der Waals surface area contributed by atoms with E-state index in [9.17, 15) is 21.6 Å². The molecule has 1 aliphatic rings. The maximum absolute atomic E-state index is 12.7. The smallest absolute Gasteiger partial charge is 0.243 e. The normalized spacial score (nSPS) is 15.8. The van der Waals surface area contributed by atoms with Gasteiger partial charge in [-0.3, -0.25) is 9.10 Å². The molecule has 2 aromatic rings. The molecule has 0 aliphatic carbocycles. The second-order valence-corrected chi connectivity index (χ2v) is 12.4. The number of amides is 1. The summed E-state index contributed by atoms with van der Waals surface area (Å²) in [4.78, 5) is 12.9. The molecule has 1 amide bonds. The Bertz CT molecular complexity index is 1270. The minimum Gasteiger partial charge on any atom is -0.492 e. The third-order valence-corrected chi connectivity index (χ3v) is 9.09. The SMILES string of the molecule is Cc1ccc(N([C@H](C)C(=O)NCCOc2ccc(S(=O)(=O)N3CCOCC3)cc2)S(C)(=O)=O)cc1C. The lowest BCUT2D eigenvalue weighted by atomic mass is 10.1. The monoisotopic (exact) mass is 539 g/mol. The highest BCUT2D eigenvalue weighted by atomic mass is 32.2. The summed E-state index contributed by atoms with van der Waals surface area (Å²) in [6.07, 6.45) is 1.07. The van der Waals surface area contributed by atoms with Crippen LogP contribution in [0.4, 0.5) is 5.69 Å². The molecule has 1 fully saturated rings. The van der Waals surface area contributed by atoms with E-state index in [0.717, 1.165) is 21.7 Å². The van der Waals surface area contributed by atoms with Gasteiger partial charge in [-0.1, -0.05) is 6.07 Å². The van der Waals surface area contributed by atoms with E-state index in [0.29, 0.717) is 37.7 Å². The molecular formula is C24H33N3O7S2. The van der Waals surface area contributed by atoms with Crippen LogP contribution in [0, 0.1) is 13.8 Å². The van der Waals surface area contributed by atoms with E-state index in [1.807, 2.05) is 19.9 Å². The minimum absolute atomic E-state index is 0.122. The number of nitrogens with one attached hydrogen (secondary N) is 1. The molecule has 0 bridgehead atoms. The number of carbonyl (C=O) groups is 1. The van der Waals surface area contributed by atoms with E-state index in [1.165, 1.54) is 23.4 Å². The number of hydrogen-bond donors (Lipinski definition) is 1. The zero-order valence-corrected chi connectivity index (χ0v) is 22.6. The van der Waals surface area contributed by atoms with Crippen LogP contribution in [0.15, 0.2) is 47.4 Å². The molecule has 10 nitrogen and oxygen atoms in total. The molecule has 1 atom stereocenters. The lowest BCUT2D eigenvalue weighted by Crippen LogP contribution is -2.48. The summed E-state index contributed by atoms with van der Waals surface area (Å²) in [6.45, 7) is 6.98. The summed E-state index contributed by atoms with van der Waals surface area (Å²) >= 11 is 0. The van der Waals surface area contributed by atoms with Gasteiger partial charge in [0.2, 0.25) is 26.0 Å². The van der Waals surface area contributed by atoms with Crippen molar-refractivity contribution in [1.82, 2.24) is 9.62 Å². The average Bonchev–Trinajstić information content (AvgIpc) is 2.84. The molecule has 12 heteroatoms. The van der Waals surface area contributed by atoms with Gasteiger partial charge in [-0.2, -0.15) is 4.31 Å². The predicted octanol–water partition coefficient (Wildman–Crippen LogP) is 1.67. The third-order valence-electron chi connectivity index (χ3n) is 5.94. The van der Waals surface area contributed by atoms with Crippen LogP contribution in [0.2, 0.25) is 0 Å². The van der Waals surface area contributed by atoms with E-state index in [4.69, 9.17) is 9.47 Å². The minimum atomic E-state index is -3.71. The van der Waals surface area contributed by atoms with Crippen molar-refractivity contribution in [3.05, 3.63) is 53.6 Å². The van der Waals surface area contributed by atoms with Gasteiger partial charge in [-0.05, 0) is 68.3 Å². The number of hydrogen-bond acceptors (Lipinski definition) is 7. The quantitative estimate of drug-likeness (QED) is 0.456. The van der Waals surface area contributed by atoms with E-state index in [-0.39, 0.29) is 18.0 Å². The summed E-state index contributed by atoms with van der Waals surface area (Å²) in [5, 5.41) is 2.70. The Balaban J connectivity index is 1.55. The Kier molecular flexibility index (Phi) is 8.98. The average molecular weight is 540 g/mol. The first kappa shape index (κ1) is 27.9. The van der Waals surface area contributed by atoms with E-state index >= 15 is 0 Å². The van der Waals surface area contributed by atoms with Crippen molar-refractivity contribution in [3.8, 4) is 5.75 Å². The van der Waals surface area contributed by atoms with Crippen LogP contribution in [0.1, 0.15) is 18.1 Å². The number of aryl methyl sites for hydroxylation is 2. The lowest BCUT2D eigenvalue weighted by Gasteiger charge is -2.28. The second kappa shape index (κ2) is 11.6. The Morgan fingerprint density at radius 1 is 1.06 bits per heavy atom. The molecule has 36 heavy (non-hydrogen) atoms. The fourth-order valence-electron chi connectivity index (χ4n) is 3.81. The summed E-state index contributed by atoms with van der Waals surface area (Å²) in [6, 6.07) is 10.4. The first-order valence-electron chi connectivity index (χ1n) is 11.6. The van der Waals surface area contributed by atoms with Gasteiger partial charge in [-0.15, -0.1) is 0 Å². The van der Waals surface area contributed by atoms with Gasteiger partial charge in [0.05, 0.1) is 36.6 Å². The number of rotatable bonds is 10. The summed E-state index contributed by atoms with van der Waals surface area (Å²) in [7, 11) is -7.29. The van der Waals surface area contributed by atoms with E-state index in [2.05, 4.69) is 5.32 Å². The largest absolute Gasteiger partial charge is 0.492 e. The molecule has 0 unspecified atom stereocenters. The first-order valence-corrected chi connectivity index (χ1v) is 14.9. The number of benzene rings is 2. The summed E-state index contributed by atoms with van der Waals surface area (Å²) in [5.74, 6) is -0.0136. The van der Waals surface area contributed by atoms with Gasteiger partial charge >= 0.3 is 0 Å². The molecule has 0 radical (unpaired) electrons. The topological polar surface area (TPSA) is 122 Å². The van der Waals surface area contributed by atoms with E-state index < -0.39 is 32.0 Å². The first-order chi connectivity index (χ1) is 16.9. The fraction of sp³-hybridized carbons (Fsp3) is 0.458. The van der Waals surface area contributed by atoms with Crippen molar-refractivity contribution >= 4 is 31.6 Å². The Morgan fingerprint density at radius 3 is 2.28 bits per heavy atom. The maximum Gasteiger partial charge on any atom is 0.243 e. The number of anilines is 1. The molecule has 0 saturated carbocycles. The Hall–Kier alpha value is -2.67. The van der Waals surface area contributed by atoms with E-state index in [1.54, 1.807) is 24.3 Å². The third kappa shape index (κ3) is 6.75. The number of morpholine rings is 1. The van der Waals surface area contributed by atoms with Crippen molar-refractivity contribution in [2.75, 3.05) is 50.0 Å². The highest BCUT2D eigenvalue weighted by molar-refractivity contribution is 7.92. The lowest BCUT2D eigenvalue weighted by molar-refractivity contribution is -0.121. The molecule has 1 N–H and O–H groups in total. The molecule has 2 aromatic carbocycles. The molecule has 0 aromatic heterocycles. The standard InChI is InChI=1S/C24H33N3O7S2/c1-18-5-6-21(17-19(18)2)27(35(4,29)30)20(3)24(28)25-11-14-34-22-7-9-23(10-8-22)36(31,32)26-12-15-33-16-13-26/h5-10,17,20H,11-16H2,1-4H3,(H,25,28)/t20-/m1/s1. The molecular weight excluding hydrogens is 506 g/mol. The molecule has 0 spiro atoms. The van der Waals surface area contributed by atoms with Crippen molar-refractivity contribution < 1.29 is 31.1 Å². The van der Waals surface area contributed by atoms with Crippen LogP contribution in [-0.2, 0) is 29.6 Å². The number of nitrogens with zero attached hydrogens (tertiary/aromatic N) is 2. The van der Waals surface area contributed by atoms with Crippen LogP contribution < -0.4 is 14.4 Å². The fourth-order valence-corrected chi connectivity index (χ4v) is 6.38. The van der Waals surface area contributed by atoms with Gasteiger partial charge in [0.15, 0.2) is 0 Å². The van der Waals surface area contributed by atoms with Crippen molar-refractivity contribution in [2.45, 2.75) is 31.7 Å². The van der Waals surface area contributed by atoms with Crippen LogP contribution in [0.5, 0.6) is 5.75 Å². The predicted molar refractivity (Wildman–Crippen MR) is 137 cm³/mol. The molecule has 1 aliphatic heterocycles. The Morgan fingerprint density at radius 2 is 1.69 bits per heavy atom. The van der Waals surface area contributed by atoms with Crippen molar-refractivity contribution in [3.63, 3.8) is 0 Å². The summed E-state index contributed by atoms with van der Waals surface area (Å²) in [5.41, 5.74) is 2.37. The molecule has 198 valence electrons. The highest BCUT2D eigenvalue weighted by Gasteiger charge is 2.29. The Labute approximate surface area is 213 Å². The van der Waals surface area contributed by atoms with Gasteiger partial charge in [0, 0.05) is 13.1 Å². The number of ether oxygens (including phenoxy) is 2. The zero-order valence-electron chi connectivity index (χ0n) is 20.9. The zero-order chi connectivity index (χ0) is 26.5. The second-order valence-electron chi connectivity index (χ2n) is 8.63. The molecule has 3 rings (SSSR count). The summed E-state index contributed by atoms with van der Waals surface area (Å²) < 4.78 is 63.6. The van der Waals surface area contributed by atoms with Gasteiger partial charge in [-0.25, -0.2) is 16.8 Å². The number of sulfonamides is 2. The van der Waals surface area contributed by atoms with Crippen LogP contribution in [0.3, 0.4) is 0 Å². The molecule has 1 saturated heterocycles. The van der Waals surface area contributed by atoms with Gasteiger partial charge in [0.25, 0.3) is 0 Å². The van der Waals surface area contributed by atoms with Crippen LogP contribution in [-0.4, -0.2) is 78.8 Å². The van der Waals surface area contributed by atoms with Gasteiger partial charge in [0.1, 0.15) is 18.4 Å². The van der Waals surface area contributed by atoms with Gasteiger partial charge < -0.3 is 14.8 Å². The highest BCUT2D eigenvalue weighted by Crippen LogP contribution is 2.24.